The van der Waals surface area contributed by atoms with Crippen LogP contribution < -0.4 is 5.32 Å². The molecular weight excluding hydrogens is 270 g/mol. The maximum absolute atomic E-state index is 12.3. The number of anilines is 1. The van der Waals surface area contributed by atoms with Gasteiger partial charge < -0.3 is 15.3 Å². The lowest BCUT2D eigenvalue weighted by Crippen LogP contribution is -2.50. The first kappa shape index (κ1) is 15.3. The third-order valence-electron chi connectivity index (χ3n) is 4.24. The van der Waals surface area contributed by atoms with Crippen molar-refractivity contribution < 1.29 is 14.7 Å². The van der Waals surface area contributed by atoms with E-state index in [4.69, 9.17) is 0 Å². The highest BCUT2D eigenvalue weighted by Crippen LogP contribution is 2.33. The summed E-state index contributed by atoms with van der Waals surface area (Å²) in [6.07, 6.45) is 3.52. The van der Waals surface area contributed by atoms with Crippen LogP contribution in [0.4, 0.5) is 10.5 Å². The van der Waals surface area contributed by atoms with E-state index < -0.39 is 11.4 Å². The summed E-state index contributed by atoms with van der Waals surface area (Å²) in [5, 5.41) is 12.3. The molecule has 0 radical (unpaired) electrons. The number of amides is 2. The van der Waals surface area contributed by atoms with Gasteiger partial charge in [-0.3, -0.25) is 9.78 Å². The van der Waals surface area contributed by atoms with Crippen LogP contribution in [0.1, 0.15) is 31.9 Å². The van der Waals surface area contributed by atoms with E-state index in [2.05, 4.69) is 10.3 Å². The van der Waals surface area contributed by atoms with Crippen LogP contribution in [0.15, 0.2) is 18.3 Å². The Morgan fingerprint density at radius 2 is 2.29 bits per heavy atom. The van der Waals surface area contributed by atoms with Crippen molar-refractivity contribution >= 4 is 17.7 Å². The predicted molar refractivity (Wildman–Crippen MR) is 79.2 cm³/mol. The van der Waals surface area contributed by atoms with Crippen molar-refractivity contribution in [1.29, 1.82) is 0 Å². The Balaban J connectivity index is 2.09. The lowest BCUT2D eigenvalue weighted by atomic mass is 9.78. The molecule has 1 aliphatic heterocycles. The average molecular weight is 291 g/mol. The summed E-state index contributed by atoms with van der Waals surface area (Å²) < 4.78 is 0. The Hall–Kier alpha value is -2.11. The fraction of sp³-hybridized carbons (Fsp3) is 0.533. The Kier molecular flexibility index (Phi) is 4.45. The van der Waals surface area contributed by atoms with Crippen molar-refractivity contribution in [2.45, 2.75) is 33.1 Å². The van der Waals surface area contributed by atoms with Crippen LogP contribution in [0.2, 0.25) is 0 Å². The molecule has 1 aromatic heterocycles. The number of rotatable bonds is 3. The summed E-state index contributed by atoms with van der Waals surface area (Å²) in [6, 6.07) is 3.28. The van der Waals surface area contributed by atoms with Gasteiger partial charge in [-0.2, -0.15) is 0 Å². The number of aliphatic carboxylic acids is 1. The molecule has 0 bridgehead atoms. The highest BCUT2D eigenvalue weighted by molar-refractivity contribution is 5.90. The number of hydrogen-bond donors (Lipinski definition) is 2. The first-order chi connectivity index (χ1) is 9.98. The van der Waals surface area contributed by atoms with Crippen LogP contribution in [-0.4, -0.2) is 40.1 Å². The summed E-state index contributed by atoms with van der Waals surface area (Å²) in [7, 11) is 0. The van der Waals surface area contributed by atoms with Gasteiger partial charge in [-0.05, 0) is 38.3 Å². The maximum atomic E-state index is 12.3. The van der Waals surface area contributed by atoms with Crippen LogP contribution in [0.25, 0.3) is 0 Å². The Labute approximate surface area is 124 Å². The molecule has 1 aromatic rings. The summed E-state index contributed by atoms with van der Waals surface area (Å²) in [5.41, 5.74) is 0.577. The Bertz CT molecular complexity index is 547. The molecule has 0 saturated carbocycles. The van der Waals surface area contributed by atoms with Crippen LogP contribution in [0, 0.1) is 12.3 Å². The second kappa shape index (κ2) is 6.11. The molecule has 2 N–H and O–H groups in total. The second-order valence-electron chi connectivity index (χ2n) is 5.53. The molecule has 2 heterocycles. The minimum atomic E-state index is -0.820. The molecule has 1 atom stereocenters. The molecule has 0 aromatic carbocycles. The lowest BCUT2D eigenvalue weighted by Gasteiger charge is -2.39. The molecule has 1 unspecified atom stereocenters. The summed E-state index contributed by atoms with van der Waals surface area (Å²) in [5.74, 6) is -0.819. The zero-order chi connectivity index (χ0) is 15.5. The summed E-state index contributed by atoms with van der Waals surface area (Å²) >= 11 is 0. The standard InChI is InChI=1S/C15H21N3O3/c1-3-15(13(19)20)7-5-9-18(10-15)14(21)17-12-6-4-8-16-11(12)2/h4,6,8H,3,5,7,9-10H2,1-2H3,(H,17,21)(H,19,20). The normalized spacial score (nSPS) is 21.9. The van der Waals surface area contributed by atoms with E-state index in [0.717, 1.165) is 5.69 Å². The van der Waals surface area contributed by atoms with Crippen LogP contribution >= 0.6 is 0 Å². The fourth-order valence-electron chi connectivity index (χ4n) is 2.73. The number of carboxylic acid groups (broad SMARTS) is 1. The SMILES string of the molecule is CCC1(C(=O)O)CCCN(C(=O)Nc2cccnc2C)C1. The summed E-state index contributed by atoms with van der Waals surface area (Å²) in [6.45, 7) is 4.52. The number of piperidine rings is 1. The number of nitrogens with one attached hydrogen (secondary N) is 1. The van der Waals surface area contributed by atoms with Gasteiger partial charge in [0.2, 0.25) is 0 Å². The number of aromatic nitrogens is 1. The van der Waals surface area contributed by atoms with Gasteiger partial charge in [0, 0.05) is 19.3 Å². The fourth-order valence-corrected chi connectivity index (χ4v) is 2.73. The van der Waals surface area contributed by atoms with E-state index in [1.54, 1.807) is 23.2 Å². The van der Waals surface area contributed by atoms with E-state index in [0.29, 0.717) is 31.5 Å². The van der Waals surface area contributed by atoms with E-state index in [9.17, 15) is 14.7 Å². The molecular formula is C15H21N3O3. The minimum absolute atomic E-state index is 0.254. The number of carboxylic acids is 1. The zero-order valence-electron chi connectivity index (χ0n) is 12.4. The van der Waals surface area contributed by atoms with Gasteiger partial charge in [0.15, 0.2) is 0 Å². The molecule has 2 rings (SSSR count). The number of aryl methyl sites for hydroxylation is 1. The molecule has 2 amide bonds. The van der Waals surface area contributed by atoms with Crippen molar-refractivity contribution in [2.24, 2.45) is 5.41 Å². The van der Waals surface area contributed by atoms with Crippen molar-refractivity contribution in [3.8, 4) is 0 Å². The highest BCUT2D eigenvalue weighted by atomic mass is 16.4. The second-order valence-corrected chi connectivity index (χ2v) is 5.53. The first-order valence-electron chi connectivity index (χ1n) is 7.19. The molecule has 114 valence electrons. The lowest BCUT2D eigenvalue weighted by molar-refractivity contribution is -0.152. The van der Waals surface area contributed by atoms with E-state index >= 15 is 0 Å². The number of carbonyl (C=O) groups excluding carboxylic acids is 1. The average Bonchev–Trinajstić information content (AvgIpc) is 2.49. The quantitative estimate of drug-likeness (QED) is 0.896. The van der Waals surface area contributed by atoms with E-state index in [1.165, 1.54) is 0 Å². The minimum Gasteiger partial charge on any atom is -0.481 e. The van der Waals surface area contributed by atoms with Crippen LogP contribution in [0.3, 0.4) is 0 Å². The van der Waals surface area contributed by atoms with Crippen molar-refractivity contribution in [1.82, 2.24) is 9.88 Å². The number of nitrogens with zero attached hydrogens (tertiary/aromatic N) is 2. The van der Waals surface area contributed by atoms with E-state index in [1.807, 2.05) is 13.8 Å². The summed E-state index contributed by atoms with van der Waals surface area (Å²) in [4.78, 5) is 29.6. The number of hydrogen-bond acceptors (Lipinski definition) is 3. The number of carbonyl (C=O) groups is 2. The molecule has 0 aliphatic carbocycles. The van der Waals surface area contributed by atoms with Gasteiger partial charge in [0.1, 0.15) is 0 Å². The molecule has 1 aliphatic rings. The molecule has 6 nitrogen and oxygen atoms in total. The van der Waals surface area contributed by atoms with Crippen molar-refractivity contribution in [3.63, 3.8) is 0 Å². The van der Waals surface area contributed by atoms with Crippen LogP contribution in [0.5, 0.6) is 0 Å². The monoisotopic (exact) mass is 291 g/mol. The van der Waals surface area contributed by atoms with Gasteiger partial charge in [0.25, 0.3) is 0 Å². The van der Waals surface area contributed by atoms with Crippen molar-refractivity contribution in [3.05, 3.63) is 24.0 Å². The van der Waals surface area contributed by atoms with Gasteiger partial charge in [-0.25, -0.2) is 4.79 Å². The largest absolute Gasteiger partial charge is 0.481 e. The number of urea groups is 1. The molecule has 0 spiro atoms. The van der Waals surface area contributed by atoms with Crippen molar-refractivity contribution in [2.75, 3.05) is 18.4 Å². The Morgan fingerprint density at radius 1 is 1.52 bits per heavy atom. The highest BCUT2D eigenvalue weighted by Gasteiger charge is 2.42. The molecule has 1 saturated heterocycles. The number of likely N-dealkylation sites (tertiary alicyclic amines) is 1. The third kappa shape index (κ3) is 3.15. The van der Waals surface area contributed by atoms with Gasteiger partial charge >= 0.3 is 12.0 Å². The molecule has 6 heteroatoms. The molecule has 1 fully saturated rings. The smallest absolute Gasteiger partial charge is 0.321 e. The van der Waals surface area contributed by atoms with Gasteiger partial charge in [0.05, 0.1) is 16.8 Å². The maximum Gasteiger partial charge on any atom is 0.321 e. The number of pyridine rings is 1. The van der Waals surface area contributed by atoms with Gasteiger partial charge in [-0.1, -0.05) is 6.92 Å². The third-order valence-corrected chi connectivity index (χ3v) is 4.24. The first-order valence-corrected chi connectivity index (χ1v) is 7.19. The molecule has 21 heavy (non-hydrogen) atoms. The van der Waals surface area contributed by atoms with E-state index in [-0.39, 0.29) is 12.6 Å². The van der Waals surface area contributed by atoms with Gasteiger partial charge in [-0.15, -0.1) is 0 Å². The zero-order valence-corrected chi connectivity index (χ0v) is 12.4. The Morgan fingerprint density at radius 3 is 2.90 bits per heavy atom. The van der Waals surface area contributed by atoms with Crippen LogP contribution in [-0.2, 0) is 4.79 Å². The topological polar surface area (TPSA) is 82.5 Å². The predicted octanol–water partition coefficient (Wildman–Crippen LogP) is 2.50.